The van der Waals surface area contributed by atoms with E-state index in [2.05, 4.69) is 16.0 Å². The van der Waals surface area contributed by atoms with Crippen molar-refractivity contribution in [3.63, 3.8) is 0 Å². The molecule has 2 aliphatic rings. The molecule has 3 amide bonds. The molecule has 0 aliphatic carbocycles. The van der Waals surface area contributed by atoms with Gasteiger partial charge in [-0.15, -0.1) is 0 Å². The van der Waals surface area contributed by atoms with Crippen LogP contribution in [0.2, 0.25) is 10.0 Å². The molecule has 9 nitrogen and oxygen atoms in total. The van der Waals surface area contributed by atoms with Crippen LogP contribution in [0.3, 0.4) is 0 Å². The van der Waals surface area contributed by atoms with Crippen LogP contribution in [0.5, 0.6) is 5.75 Å². The topological polar surface area (TPSA) is 132 Å². The van der Waals surface area contributed by atoms with Gasteiger partial charge in [0.05, 0.1) is 23.6 Å². The molecular weight excluding hydrogens is 598 g/mol. The predicted molar refractivity (Wildman–Crippen MR) is 162 cm³/mol. The average molecular weight is 630 g/mol. The third kappa shape index (κ3) is 5.50. The number of rotatable bonds is 6. The summed E-state index contributed by atoms with van der Waals surface area (Å²) in [5.74, 6) is -2.67. The minimum absolute atomic E-state index is 0.111. The number of halogens is 3. The molecule has 5 rings (SSSR count). The van der Waals surface area contributed by atoms with Gasteiger partial charge < -0.3 is 20.5 Å². The molecule has 43 heavy (non-hydrogen) atoms. The molecule has 0 bridgehead atoms. The van der Waals surface area contributed by atoms with E-state index < -0.39 is 41.4 Å². The predicted octanol–water partition coefficient (Wildman–Crippen LogP) is 6.20. The summed E-state index contributed by atoms with van der Waals surface area (Å²) >= 11 is 12.5. The van der Waals surface area contributed by atoms with Gasteiger partial charge in [0.1, 0.15) is 17.0 Å². The Hall–Kier alpha value is -3.86. The van der Waals surface area contributed by atoms with Gasteiger partial charge in [-0.1, -0.05) is 62.2 Å². The van der Waals surface area contributed by atoms with Crippen LogP contribution >= 0.6 is 23.2 Å². The summed E-state index contributed by atoms with van der Waals surface area (Å²) in [6.07, 6.45) is -1.59. The first-order valence-electron chi connectivity index (χ1n) is 13.5. The minimum atomic E-state index is -1.39. The van der Waals surface area contributed by atoms with Gasteiger partial charge in [0.15, 0.2) is 6.23 Å². The van der Waals surface area contributed by atoms with Crippen LogP contribution in [0.25, 0.3) is 0 Å². The number of carbonyl (C=O) groups is 3. The van der Waals surface area contributed by atoms with E-state index in [4.69, 9.17) is 38.4 Å². The second-order valence-corrected chi connectivity index (χ2v) is 12.7. The maximum absolute atomic E-state index is 15.8. The van der Waals surface area contributed by atoms with Gasteiger partial charge in [-0.05, 0) is 53.3 Å². The van der Waals surface area contributed by atoms with Gasteiger partial charge in [-0.25, -0.2) is 9.18 Å². The van der Waals surface area contributed by atoms with Crippen molar-refractivity contribution < 1.29 is 28.2 Å². The first kappa shape index (κ1) is 30.6. The Morgan fingerprint density at radius 1 is 1.12 bits per heavy atom. The fraction of sp³-hybridized carbons (Fsp3) is 0.323. The zero-order chi connectivity index (χ0) is 31.3. The van der Waals surface area contributed by atoms with E-state index in [-0.39, 0.29) is 38.9 Å². The Morgan fingerprint density at radius 3 is 2.53 bits per heavy atom. The highest BCUT2D eigenvalue weighted by molar-refractivity contribution is 6.31. The Bertz CT molecular complexity index is 1630. The SMILES string of the molecule is COc1cc(NC(=O)O[C@H]2N[C@@H](CC(C)(C)C)[C@@]3(C(=O)Nc4cc(Cl)ccc43)[C@H]2c2cccc(Cl)c2F)ccc1C(N)=O. The van der Waals surface area contributed by atoms with E-state index in [0.29, 0.717) is 22.7 Å². The van der Waals surface area contributed by atoms with Crippen LogP contribution in [0.1, 0.15) is 54.6 Å². The molecule has 226 valence electrons. The summed E-state index contributed by atoms with van der Waals surface area (Å²) in [6, 6.07) is 13.3. The summed E-state index contributed by atoms with van der Waals surface area (Å²) < 4.78 is 27.0. The lowest BCUT2D eigenvalue weighted by molar-refractivity contribution is -0.122. The lowest BCUT2D eigenvalue weighted by Gasteiger charge is -2.37. The standard InChI is InChI=1S/C31H31Cl2FN4O5/c1-30(2,3)14-23-31(19-11-8-15(32)12-21(19)37-28(31)40)24(18-6-5-7-20(33)25(18)34)27(38-23)43-29(41)36-16-9-10-17(26(35)39)22(13-16)42-4/h5-13,23-24,27,38H,14H2,1-4H3,(H2,35,39)(H,36,41)(H,37,40)/t23-,24-,27+,31+/m0/s1. The van der Waals surface area contributed by atoms with Gasteiger partial charge >= 0.3 is 6.09 Å². The fourth-order valence-corrected chi connectivity index (χ4v) is 6.56. The minimum Gasteiger partial charge on any atom is -0.496 e. The van der Waals surface area contributed by atoms with Gasteiger partial charge in [-0.3, -0.25) is 20.2 Å². The van der Waals surface area contributed by atoms with E-state index >= 15 is 4.39 Å². The number of ether oxygens (including phenoxy) is 2. The smallest absolute Gasteiger partial charge is 0.413 e. The molecule has 5 N–H and O–H groups in total. The van der Waals surface area contributed by atoms with E-state index in [1.54, 1.807) is 24.3 Å². The lowest BCUT2D eigenvalue weighted by Crippen LogP contribution is -2.49. The number of hydrogen-bond donors (Lipinski definition) is 4. The molecule has 12 heteroatoms. The normalized spacial score (nSPS) is 22.7. The second-order valence-electron chi connectivity index (χ2n) is 11.8. The van der Waals surface area contributed by atoms with Crippen molar-refractivity contribution in [3.8, 4) is 5.75 Å². The quantitative estimate of drug-likeness (QED) is 0.257. The first-order chi connectivity index (χ1) is 20.3. The van der Waals surface area contributed by atoms with Crippen molar-refractivity contribution in [1.82, 2.24) is 5.32 Å². The van der Waals surface area contributed by atoms with Crippen LogP contribution in [0, 0.1) is 11.2 Å². The van der Waals surface area contributed by atoms with E-state index in [0.717, 1.165) is 0 Å². The number of benzene rings is 3. The molecule has 0 saturated carbocycles. The molecular formula is C31H31Cl2FN4O5. The Balaban J connectivity index is 1.61. The largest absolute Gasteiger partial charge is 0.496 e. The van der Waals surface area contributed by atoms with Crippen LogP contribution in [-0.2, 0) is 14.9 Å². The second kappa shape index (κ2) is 11.3. The van der Waals surface area contributed by atoms with Crippen LogP contribution in [-0.4, -0.2) is 37.3 Å². The van der Waals surface area contributed by atoms with Crippen LogP contribution < -0.4 is 26.4 Å². The number of methoxy groups -OCH3 is 1. The van der Waals surface area contributed by atoms with Crippen molar-refractivity contribution in [2.75, 3.05) is 17.7 Å². The van der Waals surface area contributed by atoms with Crippen molar-refractivity contribution >= 4 is 52.5 Å². The molecule has 1 spiro atoms. The molecule has 1 fully saturated rings. The summed E-state index contributed by atoms with van der Waals surface area (Å²) in [5, 5.41) is 9.19. The van der Waals surface area contributed by atoms with E-state index in [1.807, 2.05) is 20.8 Å². The maximum atomic E-state index is 15.8. The zero-order valence-corrected chi connectivity index (χ0v) is 25.4. The van der Waals surface area contributed by atoms with Crippen molar-refractivity contribution in [3.05, 3.63) is 87.2 Å². The number of fused-ring (bicyclic) bond motifs is 2. The van der Waals surface area contributed by atoms with Gasteiger partial charge in [0.25, 0.3) is 5.91 Å². The monoisotopic (exact) mass is 628 g/mol. The van der Waals surface area contributed by atoms with Gasteiger partial charge in [0.2, 0.25) is 5.91 Å². The van der Waals surface area contributed by atoms with Gasteiger partial charge in [0, 0.05) is 28.5 Å². The number of primary amides is 1. The number of carbonyl (C=O) groups excluding carboxylic acids is 3. The number of hydrogen-bond acceptors (Lipinski definition) is 6. The molecule has 1 saturated heterocycles. The van der Waals surface area contributed by atoms with Crippen molar-refractivity contribution in [2.45, 2.75) is 50.8 Å². The van der Waals surface area contributed by atoms with E-state index in [9.17, 15) is 14.4 Å². The number of amides is 3. The van der Waals surface area contributed by atoms with Crippen molar-refractivity contribution in [1.29, 1.82) is 0 Å². The molecule has 2 aliphatic heterocycles. The van der Waals surface area contributed by atoms with Crippen LogP contribution in [0.4, 0.5) is 20.6 Å². The Kier molecular flexibility index (Phi) is 8.06. The molecule has 2 heterocycles. The Labute approximate surface area is 258 Å². The van der Waals surface area contributed by atoms with Crippen LogP contribution in [0.15, 0.2) is 54.6 Å². The molecule has 3 aromatic rings. The molecule has 3 aromatic carbocycles. The maximum Gasteiger partial charge on any atom is 0.413 e. The summed E-state index contributed by atoms with van der Waals surface area (Å²) in [5.41, 5.74) is 5.32. The average Bonchev–Trinajstić information content (AvgIpc) is 3.37. The van der Waals surface area contributed by atoms with E-state index in [1.165, 1.54) is 37.4 Å². The molecule has 0 radical (unpaired) electrons. The highest BCUT2D eigenvalue weighted by Crippen LogP contribution is 2.57. The molecule has 4 atom stereocenters. The molecule has 0 aromatic heterocycles. The highest BCUT2D eigenvalue weighted by Gasteiger charge is 2.66. The number of anilines is 2. The van der Waals surface area contributed by atoms with Crippen molar-refractivity contribution in [2.24, 2.45) is 11.1 Å². The highest BCUT2D eigenvalue weighted by atomic mass is 35.5. The summed E-state index contributed by atoms with van der Waals surface area (Å²) in [6.45, 7) is 6.07. The summed E-state index contributed by atoms with van der Waals surface area (Å²) in [4.78, 5) is 39.2. The third-order valence-electron chi connectivity index (χ3n) is 7.84. The number of nitrogens with one attached hydrogen (secondary N) is 3. The molecule has 0 unspecified atom stereocenters. The number of nitrogens with two attached hydrogens (primary N) is 1. The zero-order valence-electron chi connectivity index (χ0n) is 23.9. The lowest BCUT2D eigenvalue weighted by atomic mass is 9.63. The summed E-state index contributed by atoms with van der Waals surface area (Å²) in [7, 11) is 1.36. The fourth-order valence-electron chi connectivity index (χ4n) is 6.20. The third-order valence-corrected chi connectivity index (χ3v) is 8.37. The first-order valence-corrected chi connectivity index (χ1v) is 14.3. The Morgan fingerprint density at radius 2 is 1.86 bits per heavy atom. The van der Waals surface area contributed by atoms with Gasteiger partial charge in [-0.2, -0.15) is 0 Å².